The number of alkyl halides is 5. The van der Waals surface area contributed by atoms with Crippen molar-refractivity contribution in [2.24, 2.45) is 7.05 Å². The molecule has 0 spiro atoms. The number of hydrogen-bond acceptors (Lipinski definition) is 3. The van der Waals surface area contributed by atoms with Crippen LogP contribution in [0.3, 0.4) is 0 Å². The molecule has 1 saturated carbocycles. The van der Waals surface area contributed by atoms with Crippen LogP contribution in [0.1, 0.15) is 30.1 Å². The summed E-state index contributed by atoms with van der Waals surface area (Å²) in [5.41, 5.74) is 3.50. The topological polar surface area (TPSA) is 43.6 Å². The van der Waals surface area contributed by atoms with Crippen molar-refractivity contribution in [3.63, 3.8) is 0 Å². The highest BCUT2D eigenvalue weighted by Crippen LogP contribution is 2.40. The molecular weight excluding hydrogens is 391 g/mol. The van der Waals surface area contributed by atoms with Gasteiger partial charge in [-0.2, -0.15) is 22.0 Å². The van der Waals surface area contributed by atoms with E-state index in [4.69, 9.17) is 0 Å². The Hall–Kier alpha value is -2.84. The molecule has 0 bridgehead atoms. The summed E-state index contributed by atoms with van der Waals surface area (Å²) in [4.78, 5) is 4.28. The molecule has 4 rings (SSSR count). The van der Waals surface area contributed by atoms with E-state index in [-0.39, 0.29) is 5.82 Å². The van der Waals surface area contributed by atoms with Gasteiger partial charge in [0.1, 0.15) is 11.5 Å². The van der Waals surface area contributed by atoms with E-state index in [0.717, 1.165) is 15.7 Å². The van der Waals surface area contributed by atoms with Crippen LogP contribution in [-0.2, 0) is 13.5 Å². The highest BCUT2D eigenvalue weighted by Gasteiger charge is 2.58. The maximum absolute atomic E-state index is 13.3. The summed E-state index contributed by atoms with van der Waals surface area (Å²) in [7, 11) is 1.34. The first-order valence-corrected chi connectivity index (χ1v) is 9.05. The lowest BCUT2D eigenvalue weighted by molar-refractivity contribution is -0.281. The van der Waals surface area contributed by atoms with Gasteiger partial charge < -0.3 is 4.57 Å². The van der Waals surface area contributed by atoms with Gasteiger partial charge in [0.05, 0.1) is 6.42 Å². The second-order valence-electron chi connectivity index (χ2n) is 7.21. The summed E-state index contributed by atoms with van der Waals surface area (Å²) in [5, 5.41) is 7.24. The average Bonchev–Trinajstić information content (AvgIpc) is 3.46. The summed E-state index contributed by atoms with van der Waals surface area (Å²) >= 11 is 0. The number of halogens is 5. The molecule has 2 aromatic heterocycles. The summed E-state index contributed by atoms with van der Waals surface area (Å²) in [6, 6.07) is 11.7. The molecule has 3 aromatic rings. The Morgan fingerprint density at radius 2 is 1.59 bits per heavy atom. The van der Waals surface area contributed by atoms with Gasteiger partial charge in [0, 0.05) is 18.8 Å². The van der Waals surface area contributed by atoms with Crippen LogP contribution in [0, 0.1) is 0 Å². The summed E-state index contributed by atoms with van der Waals surface area (Å²) in [5.74, 6) is -4.56. The minimum Gasteiger partial charge on any atom is -0.313 e. The normalized spacial score (nSPS) is 15.0. The SMILES string of the molecule is Cn1c(CC(F)(F)C(F)(F)F)nnc1-c1ccc(-c2ccc(C3CC3)cc2)cn1. The lowest BCUT2D eigenvalue weighted by Crippen LogP contribution is -2.39. The van der Waals surface area contributed by atoms with Gasteiger partial charge in [-0.3, -0.25) is 4.98 Å². The zero-order chi connectivity index (χ0) is 20.8. The minimum atomic E-state index is -5.64. The smallest absolute Gasteiger partial charge is 0.313 e. The van der Waals surface area contributed by atoms with Crippen LogP contribution in [0.25, 0.3) is 22.6 Å². The molecule has 4 nitrogen and oxygen atoms in total. The second kappa shape index (κ2) is 6.89. The van der Waals surface area contributed by atoms with Crippen LogP contribution in [0.15, 0.2) is 42.6 Å². The fraction of sp³-hybridized carbons (Fsp3) is 0.350. The number of pyridine rings is 1. The largest absolute Gasteiger partial charge is 0.453 e. The third-order valence-electron chi connectivity index (χ3n) is 5.05. The van der Waals surface area contributed by atoms with E-state index >= 15 is 0 Å². The standard InChI is InChI=1S/C20H17F5N4/c1-29-17(10-19(21,22)20(23,24)25)27-28-18(29)16-9-8-15(11-26-16)14-6-4-13(5-7-14)12-2-3-12/h4-9,11-12H,2-3,10H2,1H3. The molecule has 1 aromatic carbocycles. The molecule has 0 unspecified atom stereocenters. The van der Waals surface area contributed by atoms with E-state index in [1.807, 2.05) is 12.1 Å². The third-order valence-corrected chi connectivity index (χ3v) is 5.05. The van der Waals surface area contributed by atoms with Gasteiger partial charge >= 0.3 is 12.1 Å². The molecular formula is C20H17F5N4. The molecule has 152 valence electrons. The van der Waals surface area contributed by atoms with Crippen LogP contribution in [0.4, 0.5) is 22.0 Å². The van der Waals surface area contributed by atoms with E-state index in [0.29, 0.717) is 11.6 Å². The van der Waals surface area contributed by atoms with Gasteiger partial charge in [0.25, 0.3) is 0 Å². The van der Waals surface area contributed by atoms with Gasteiger partial charge in [-0.1, -0.05) is 30.3 Å². The van der Waals surface area contributed by atoms with E-state index in [9.17, 15) is 22.0 Å². The fourth-order valence-corrected chi connectivity index (χ4v) is 3.10. The molecule has 0 atom stereocenters. The van der Waals surface area contributed by atoms with Gasteiger partial charge in [-0.15, -0.1) is 10.2 Å². The van der Waals surface area contributed by atoms with Crippen molar-refractivity contribution in [3.8, 4) is 22.6 Å². The first-order chi connectivity index (χ1) is 13.7. The highest BCUT2D eigenvalue weighted by molar-refractivity contribution is 5.65. The van der Waals surface area contributed by atoms with E-state index in [1.54, 1.807) is 18.3 Å². The number of aromatic nitrogens is 4. The Morgan fingerprint density at radius 1 is 0.931 bits per heavy atom. The molecule has 0 amide bonds. The first-order valence-electron chi connectivity index (χ1n) is 9.05. The van der Waals surface area contributed by atoms with Crippen LogP contribution in [-0.4, -0.2) is 31.8 Å². The molecule has 0 N–H and O–H groups in total. The zero-order valence-corrected chi connectivity index (χ0v) is 15.4. The maximum Gasteiger partial charge on any atom is 0.453 e. The summed E-state index contributed by atoms with van der Waals surface area (Å²) < 4.78 is 65.0. The Labute approximate surface area is 163 Å². The van der Waals surface area contributed by atoms with Crippen LogP contribution in [0.5, 0.6) is 0 Å². The minimum absolute atomic E-state index is 0.119. The Balaban J connectivity index is 1.54. The molecule has 1 aliphatic rings. The number of nitrogens with zero attached hydrogens (tertiary/aromatic N) is 4. The summed E-state index contributed by atoms with van der Waals surface area (Å²) in [6.07, 6.45) is -3.16. The van der Waals surface area contributed by atoms with Crippen molar-refractivity contribution in [3.05, 3.63) is 54.0 Å². The number of hydrogen-bond donors (Lipinski definition) is 0. The van der Waals surface area contributed by atoms with Crippen LogP contribution in [0.2, 0.25) is 0 Å². The first kappa shape index (κ1) is 19.5. The second-order valence-corrected chi connectivity index (χ2v) is 7.21. The maximum atomic E-state index is 13.3. The van der Waals surface area contributed by atoms with Gasteiger partial charge in [0.15, 0.2) is 5.82 Å². The van der Waals surface area contributed by atoms with Crippen molar-refractivity contribution in [1.82, 2.24) is 19.7 Å². The molecule has 0 radical (unpaired) electrons. The van der Waals surface area contributed by atoms with Crippen molar-refractivity contribution in [2.75, 3.05) is 0 Å². The van der Waals surface area contributed by atoms with Gasteiger partial charge in [-0.25, -0.2) is 0 Å². The molecule has 0 aliphatic heterocycles. The lowest BCUT2D eigenvalue weighted by Gasteiger charge is -2.18. The highest BCUT2D eigenvalue weighted by atomic mass is 19.4. The number of rotatable bonds is 5. The quantitative estimate of drug-likeness (QED) is 0.548. The van der Waals surface area contributed by atoms with Gasteiger partial charge in [-0.05, 0) is 36.0 Å². The van der Waals surface area contributed by atoms with Gasteiger partial charge in [0.2, 0.25) is 0 Å². The predicted octanol–water partition coefficient (Wildman–Crippen LogP) is 5.16. The van der Waals surface area contributed by atoms with E-state index < -0.39 is 24.3 Å². The van der Waals surface area contributed by atoms with Crippen molar-refractivity contribution < 1.29 is 22.0 Å². The summed E-state index contributed by atoms with van der Waals surface area (Å²) in [6.45, 7) is 0. The Kier molecular flexibility index (Phi) is 4.63. The van der Waals surface area contributed by atoms with Crippen LogP contribution >= 0.6 is 0 Å². The van der Waals surface area contributed by atoms with E-state index in [1.165, 1.54) is 25.5 Å². The molecule has 1 aliphatic carbocycles. The number of benzene rings is 1. The molecule has 29 heavy (non-hydrogen) atoms. The van der Waals surface area contributed by atoms with Crippen molar-refractivity contribution in [1.29, 1.82) is 0 Å². The predicted molar refractivity (Wildman–Crippen MR) is 96.4 cm³/mol. The average molecular weight is 408 g/mol. The third kappa shape index (κ3) is 3.86. The van der Waals surface area contributed by atoms with Crippen LogP contribution < -0.4 is 0 Å². The zero-order valence-electron chi connectivity index (χ0n) is 15.4. The molecule has 9 heteroatoms. The lowest BCUT2D eigenvalue weighted by atomic mass is 10.0. The fourth-order valence-electron chi connectivity index (χ4n) is 3.10. The van der Waals surface area contributed by atoms with E-state index in [2.05, 4.69) is 27.3 Å². The van der Waals surface area contributed by atoms with Crippen molar-refractivity contribution >= 4 is 0 Å². The molecule has 0 saturated heterocycles. The Bertz CT molecular complexity index is 1000. The molecule has 1 fully saturated rings. The Morgan fingerprint density at radius 3 is 2.14 bits per heavy atom. The van der Waals surface area contributed by atoms with Crippen molar-refractivity contribution in [2.45, 2.75) is 37.3 Å². The monoisotopic (exact) mass is 408 g/mol. The molecule has 2 heterocycles.